The fourth-order valence-corrected chi connectivity index (χ4v) is 3.08. The van der Waals surface area contributed by atoms with E-state index in [9.17, 15) is 13.2 Å². The highest BCUT2D eigenvalue weighted by Crippen LogP contribution is 2.19. The fourth-order valence-electron chi connectivity index (χ4n) is 2.57. The Balaban J connectivity index is 1.74. The summed E-state index contributed by atoms with van der Waals surface area (Å²) in [6.45, 7) is 6.40. The third kappa shape index (κ3) is 6.86. The topological polar surface area (TPSA) is 111 Å². The first-order chi connectivity index (χ1) is 13.1. The van der Waals surface area contributed by atoms with E-state index in [-0.39, 0.29) is 10.9 Å². The summed E-state index contributed by atoms with van der Waals surface area (Å²) in [5.74, 6) is 1.14. The largest absolute Gasteiger partial charge is 0.471 e. The van der Waals surface area contributed by atoms with Gasteiger partial charge in [0.1, 0.15) is 5.75 Å². The highest BCUT2D eigenvalue weighted by Gasteiger charge is 2.09. The molecule has 152 valence electrons. The van der Waals surface area contributed by atoms with E-state index in [2.05, 4.69) is 24.5 Å². The first kappa shape index (κ1) is 21.7. The Hall–Kier alpha value is -2.58. The number of benzene rings is 2. The highest BCUT2D eigenvalue weighted by molar-refractivity contribution is 7.89. The predicted molar refractivity (Wildman–Crippen MR) is 109 cm³/mol. The summed E-state index contributed by atoms with van der Waals surface area (Å²) in [7, 11) is -3.69. The normalized spacial score (nSPS) is 12.5. The molecule has 2 aromatic rings. The molecule has 4 N–H and O–H groups in total. The van der Waals surface area contributed by atoms with Crippen LogP contribution in [0.15, 0.2) is 53.4 Å². The summed E-state index contributed by atoms with van der Waals surface area (Å²) in [6, 6.07) is 13.7. The number of sulfonamides is 1. The van der Waals surface area contributed by atoms with Crippen molar-refractivity contribution in [3.05, 3.63) is 59.7 Å². The van der Waals surface area contributed by atoms with E-state index < -0.39 is 16.3 Å². The molecule has 0 aliphatic carbocycles. The van der Waals surface area contributed by atoms with Crippen LogP contribution in [0.4, 0.5) is 4.79 Å². The molecule has 0 heterocycles. The van der Waals surface area contributed by atoms with Crippen LogP contribution in [0.5, 0.6) is 5.75 Å². The summed E-state index contributed by atoms with van der Waals surface area (Å²) in [5, 5.41) is 10.5. The highest BCUT2D eigenvalue weighted by atomic mass is 32.2. The van der Waals surface area contributed by atoms with E-state index in [0.717, 1.165) is 5.56 Å². The maximum absolute atomic E-state index is 12.0. The van der Waals surface area contributed by atoms with Gasteiger partial charge in [0, 0.05) is 6.54 Å². The van der Waals surface area contributed by atoms with Gasteiger partial charge >= 0.3 is 6.03 Å². The van der Waals surface area contributed by atoms with Crippen molar-refractivity contribution in [2.75, 3.05) is 6.54 Å². The van der Waals surface area contributed by atoms with Crippen molar-refractivity contribution in [1.29, 1.82) is 0 Å². The van der Waals surface area contributed by atoms with Crippen LogP contribution in [0, 0.1) is 0 Å². The number of carbonyl (C=O) groups excluding carboxylic acids is 1. The molecular formula is C20H27N3O4S. The van der Waals surface area contributed by atoms with Crippen LogP contribution in [0.3, 0.4) is 0 Å². The van der Waals surface area contributed by atoms with Crippen LogP contribution >= 0.6 is 0 Å². The van der Waals surface area contributed by atoms with Crippen LogP contribution in [0.25, 0.3) is 0 Å². The molecule has 0 aliphatic heterocycles. The summed E-state index contributed by atoms with van der Waals surface area (Å²) < 4.78 is 28.1. The van der Waals surface area contributed by atoms with Crippen LogP contribution in [-0.2, 0) is 16.4 Å². The van der Waals surface area contributed by atoms with Gasteiger partial charge in [0.2, 0.25) is 10.0 Å². The second kappa shape index (κ2) is 9.57. The number of rotatable bonds is 8. The van der Waals surface area contributed by atoms with Gasteiger partial charge in [0.25, 0.3) is 0 Å². The zero-order valence-corrected chi connectivity index (χ0v) is 17.1. The molecule has 7 nitrogen and oxygen atoms in total. The minimum atomic E-state index is -3.69. The number of nitrogens with one attached hydrogen (secondary N) is 2. The Labute approximate surface area is 166 Å². The average molecular weight is 406 g/mol. The van der Waals surface area contributed by atoms with Crippen molar-refractivity contribution < 1.29 is 17.9 Å². The lowest BCUT2D eigenvalue weighted by Gasteiger charge is -2.17. The molecule has 2 rings (SSSR count). The van der Waals surface area contributed by atoms with Gasteiger partial charge < -0.3 is 15.4 Å². The van der Waals surface area contributed by atoms with Crippen molar-refractivity contribution in [1.82, 2.24) is 10.6 Å². The van der Waals surface area contributed by atoms with Crippen LogP contribution in [-0.4, -0.2) is 27.2 Å². The lowest BCUT2D eigenvalue weighted by molar-refractivity contribution is 0.177. The second-order valence-corrected chi connectivity index (χ2v) is 8.38. The molecule has 0 fully saturated rings. The standard InChI is InChI=1S/C20H27N3O4S/c1-14(2)17-6-8-18(9-7-17)27-15(3)23-20(24)22-13-12-16-4-10-19(11-5-16)28(21,25)26/h4-11,14-15H,12-13H2,1-3H3,(H2,21,25,26)(H2,22,23,24). The molecule has 0 saturated heterocycles. The van der Waals surface area contributed by atoms with Crippen molar-refractivity contribution in [3.63, 3.8) is 0 Å². The molecule has 28 heavy (non-hydrogen) atoms. The number of nitrogens with two attached hydrogens (primary N) is 1. The summed E-state index contributed by atoms with van der Waals surface area (Å²) in [4.78, 5) is 12.0. The Kier molecular flexibility index (Phi) is 7.42. The molecule has 2 amide bonds. The lowest BCUT2D eigenvalue weighted by atomic mass is 10.0. The van der Waals surface area contributed by atoms with E-state index >= 15 is 0 Å². The van der Waals surface area contributed by atoms with Crippen molar-refractivity contribution >= 4 is 16.1 Å². The lowest BCUT2D eigenvalue weighted by Crippen LogP contribution is -2.43. The number of hydrogen-bond donors (Lipinski definition) is 3. The molecule has 2 aromatic carbocycles. The Bertz CT molecular complexity index is 879. The molecule has 0 aliphatic rings. The number of hydrogen-bond acceptors (Lipinski definition) is 4. The SMILES string of the molecule is CC(NC(=O)NCCc1ccc(S(N)(=O)=O)cc1)Oc1ccc(C(C)C)cc1. The van der Waals surface area contributed by atoms with Crippen LogP contribution in [0.1, 0.15) is 37.8 Å². The third-order valence-electron chi connectivity index (χ3n) is 4.15. The Morgan fingerprint density at radius 3 is 2.18 bits per heavy atom. The van der Waals surface area contributed by atoms with Crippen molar-refractivity contribution in [3.8, 4) is 5.75 Å². The number of primary sulfonamides is 1. The Morgan fingerprint density at radius 2 is 1.64 bits per heavy atom. The predicted octanol–water partition coefficient (Wildman–Crippen LogP) is 2.72. The maximum atomic E-state index is 12.0. The second-order valence-electron chi connectivity index (χ2n) is 6.82. The van der Waals surface area contributed by atoms with Crippen molar-refractivity contribution in [2.24, 2.45) is 5.14 Å². The van der Waals surface area contributed by atoms with Crippen LogP contribution < -0.4 is 20.5 Å². The average Bonchev–Trinajstić information content (AvgIpc) is 2.61. The zero-order chi connectivity index (χ0) is 20.7. The summed E-state index contributed by atoms with van der Waals surface area (Å²) >= 11 is 0. The molecule has 8 heteroatoms. The molecule has 0 radical (unpaired) electrons. The van der Waals surface area contributed by atoms with Gasteiger partial charge in [0.05, 0.1) is 4.90 Å². The van der Waals surface area contributed by atoms with E-state index in [1.807, 2.05) is 24.3 Å². The van der Waals surface area contributed by atoms with Gasteiger partial charge in [-0.1, -0.05) is 38.1 Å². The molecule has 1 unspecified atom stereocenters. The Morgan fingerprint density at radius 1 is 1.04 bits per heavy atom. The number of carbonyl (C=O) groups is 1. The first-order valence-corrected chi connectivity index (χ1v) is 10.6. The number of ether oxygens (including phenoxy) is 1. The van der Waals surface area contributed by atoms with Crippen molar-refractivity contribution in [2.45, 2.75) is 44.2 Å². The minimum absolute atomic E-state index is 0.0642. The molecule has 0 aromatic heterocycles. The van der Waals surface area contributed by atoms with E-state index in [1.54, 1.807) is 19.1 Å². The van der Waals surface area contributed by atoms with Gasteiger partial charge in [-0.25, -0.2) is 18.4 Å². The fraction of sp³-hybridized carbons (Fsp3) is 0.350. The summed E-state index contributed by atoms with van der Waals surface area (Å²) in [5.41, 5.74) is 2.12. The zero-order valence-electron chi connectivity index (χ0n) is 16.3. The first-order valence-electron chi connectivity index (χ1n) is 9.08. The van der Waals surface area contributed by atoms with Gasteiger partial charge in [-0.05, 0) is 54.7 Å². The monoisotopic (exact) mass is 405 g/mol. The number of urea groups is 1. The maximum Gasteiger partial charge on any atom is 0.317 e. The molecule has 0 spiro atoms. The minimum Gasteiger partial charge on any atom is -0.471 e. The molecular weight excluding hydrogens is 378 g/mol. The van der Waals surface area contributed by atoms with E-state index in [4.69, 9.17) is 9.88 Å². The molecule has 0 bridgehead atoms. The molecule has 0 saturated carbocycles. The smallest absolute Gasteiger partial charge is 0.317 e. The quantitative estimate of drug-likeness (QED) is 0.586. The van der Waals surface area contributed by atoms with Gasteiger partial charge in [0.15, 0.2) is 6.23 Å². The molecule has 1 atom stereocenters. The van der Waals surface area contributed by atoms with Gasteiger partial charge in [-0.2, -0.15) is 0 Å². The van der Waals surface area contributed by atoms with Crippen LogP contribution in [0.2, 0.25) is 0 Å². The number of amides is 2. The van der Waals surface area contributed by atoms with Gasteiger partial charge in [-0.3, -0.25) is 0 Å². The third-order valence-corrected chi connectivity index (χ3v) is 5.07. The summed E-state index contributed by atoms with van der Waals surface area (Å²) in [6.07, 6.45) is 0.0727. The van der Waals surface area contributed by atoms with E-state index in [1.165, 1.54) is 17.7 Å². The van der Waals surface area contributed by atoms with E-state index in [0.29, 0.717) is 24.6 Å². The van der Waals surface area contributed by atoms with Gasteiger partial charge in [-0.15, -0.1) is 0 Å².